The minimum Gasteiger partial charge on any atom is -0.352 e. The lowest BCUT2D eigenvalue weighted by Gasteiger charge is -2.10. The van der Waals surface area contributed by atoms with Crippen LogP contribution in [0.2, 0.25) is 5.02 Å². The molecule has 1 fully saturated rings. The predicted octanol–water partition coefficient (Wildman–Crippen LogP) is 6.10. The number of hydrogen-bond acceptors (Lipinski definition) is 3. The molecule has 0 atom stereocenters. The molecular weight excluding hydrogens is 460 g/mol. The smallest absolute Gasteiger partial charge is 0.256 e. The van der Waals surface area contributed by atoms with Crippen LogP contribution in [0.3, 0.4) is 0 Å². The van der Waals surface area contributed by atoms with Gasteiger partial charge in [-0.3, -0.25) is 14.7 Å². The molecular formula is C28H25ClN4O2. The number of carbonyl (C=O) groups excluding carboxylic acids is 2. The minimum absolute atomic E-state index is 0.0507. The Hall–Kier alpha value is -3.90. The molecule has 176 valence electrons. The van der Waals surface area contributed by atoms with Gasteiger partial charge < -0.3 is 10.6 Å². The highest BCUT2D eigenvalue weighted by Crippen LogP contribution is 2.28. The van der Waals surface area contributed by atoms with Crippen LogP contribution in [0.4, 0.5) is 5.82 Å². The SMILES string of the molecule is Cc1ccc(C(=O)Nc2cc(-c3ccc(Cl)cc3)[nH]n2)cc1-c1ccc(C(=O)NCC2CC2)cc1. The predicted molar refractivity (Wildman–Crippen MR) is 139 cm³/mol. The van der Waals surface area contributed by atoms with Gasteiger partial charge in [0.1, 0.15) is 0 Å². The third kappa shape index (κ3) is 5.44. The summed E-state index contributed by atoms with van der Waals surface area (Å²) in [6.07, 6.45) is 2.40. The van der Waals surface area contributed by atoms with Crippen molar-refractivity contribution < 1.29 is 9.59 Å². The Balaban J connectivity index is 1.29. The van der Waals surface area contributed by atoms with Crippen LogP contribution in [0.1, 0.15) is 39.1 Å². The topological polar surface area (TPSA) is 86.9 Å². The van der Waals surface area contributed by atoms with E-state index in [1.54, 1.807) is 24.3 Å². The normalized spacial score (nSPS) is 12.9. The Kier molecular flexibility index (Phi) is 6.38. The molecule has 1 aromatic heterocycles. The average Bonchev–Trinajstić information content (AvgIpc) is 3.60. The summed E-state index contributed by atoms with van der Waals surface area (Å²) in [5, 5.41) is 13.6. The molecule has 0 bridgehead atoms. The second-order valence-corrected chi connectivity index (χ2v) is 9.32. The van der Waals surface area contributed by atoms with Gasteiger partial charge in [0.2, 0.25) is 0 Å². The highest BCUT2D eigenvalue weighted by molar-refractivity contribution is 6.30. The van der Waals surface area contributed by atoms with E-state index in [-0.39, 0.29) is 11.8 Å². The molecule has 0 unspecified atom stereocenters. The van der Waals surface area contributed by atoms with Gasteiger partial charge in [-0.05, 0) is 84.3 Å². The molecule has 0 saturated heterocycles. The van der Waals surface area contributed by atoms with Crippen LogP contribution >= 0.6 is 11.6 Å². The lowest BCUT2D eigenvalue weighted by atomic mass is 9.97. The lowest BCUT2D eigenvalue weighted by molar-refractivity contribution is 0.0951. The van der Waals surface area contributed by atoms with E-state index >= 15 is 0 Å². The minimum atomic E-state index is -0.253. The number of halogens is 1. The van der Waals surface area contributed by atoms with Crippen LogP contribution in [0, 0.1) is 12.8 Å². The fourth-order valence-corrected chi connectivity index (χ4v) is 4.01. The summed E-state index contributed by atoms with van der Waals surface area (Å²) < 4.78 is 0. The van der Waals surface area contributed by atoms with E-state index < -0.39 is 0 Å². The van der Waals surface area contributed by atoms with Crippen molar-refractivity contribution in [1.82, 2.24) is 15.5 Å². The number of rotatable bonds is 7. The first-order valence-electron chi connectivity index (χ1n) is 11.6. The molecule has 1 aliphatic carbocycles. The van der Waals surface area contributed by atoms with E-state index in [0.29, 0.717) is 27.9 Å². The molecule has 3 aromatic carbocycles. The van der Waals surface area contributed by atoms with E-state index in [9.17, 15) is 9.59 Å². The third-order valence-electron chi connectivity index (χ3n) is 6.18. The zero-order valence-corrected chi connectivity index (χ0v) is 20.0. The van der Waals surface area contributed by atoms with Crippen LogP contribution in [-0.2, 0) is 0 Å². The van der Waals surface area contributed by atoms with Crippen LogP contribution in [0.25, 0.3) is 22.4 Å². The molecule has 5 rings (SSSR count). The number of aromatic amines is 1. The lowest BCUT2D eigenvalue weighted by Crippen LogP contribution is -2.25. The zero-order valence-electron chi connectivity index (χ0n) is 19.3. The van der Waals surface area contributed by atoms with Crippen molar-refractivity contribution >= 4 is 29.2 Å². The van der Waals surface area contributed by atoms with Crippen molar-refractivity contribution in [3.05, 3.63) is 94.5 Å². The van der Waals surface area contributed by atoms with Crippen LogP contribution in [0.5, 0.6) is 0 Å². The second kappa shape index (κ2) is 9.76. The van der Waals surface area contributed by atoms with Crippen LogP contribution < -0.4 is 10.6 Å². The van der Waals surface area contributed by atoms with Gasteiger partial charge in [-0.25, -0.2) is 0 Å². The summed E-state index contributed by atoms with van der Waals surface area (Å²) in [5.41, 5.74) is 5.78. The summed E-state index contributed by atoms with van der Waals surface area (Å²) in [6, 6.07) is 22.2. The number of carbonyl (C=O) groups is 2. The van der Waals surface area contributed by atoms with E-state index in [2.05, 4.69) is 20.8 Å². The number of aryl methyl sites for hydroxylation is 1. The number of aromatic nitrogens is 2. The van der Waals surface area contributed by atoms with E-state index in [0.717, 1.165) is 34.5 Å². The number of anilines is 1. The molecule has 7 heteroatoms. The maximum Gasteiger partial charge on any atom is 0.256 e. The van der Waals surface area contributed by atoms with Gasteiger partial charge in [0, 0.05) is 28.8 Å². The molecule has 0 radical (unpaired) electrons. The van der Waals surface area contributed by atoms with Crippen molar-refractivity contribution in [3.63, 3.8) is 0 Å². The average molecular weight is 485 g/mol. The maximum atomic E-state index is 12.9. The van der Waals surface area contributed by atoms with Crippen molar-refractivity contribution in [1.29, 1.82) is 0 Å². The van der Waals surface area contributed by atoms with Crippen LogP contribution in [0.15, 0.2) is 72.8 Å². The third-order valence-corrected chi connectivity index (χ3v) is 6.43. The molecule has 6 nitrogen and oxygen atoms in total. The van der Waals surface area contributed by atoms with Gasteiger partial charge in [-0.2, -0.15) is 5.10 Å². The number of amides is 2. The highest BCUT2D eigenvalue weighted by Gasteiger charge is 2.22. The van der Waals surface area contributed by atoms with Gasteiger partial charge in [-0.1, -0.05) is 41.9 Å². The fraction of sp³-hybridized carbons (Fsp3) is 0.179. The summed E-state index contributed by atoms with van der Waals surface area (Å²) in [6.45, 7) is 2.74. The molecule has 3 N–H and O–H groups in total. The van der Waals surface area contributed by atoms with Crippen molar-refractivity contribution in [2.24, 2.45) is 5.92 Å². The van der Waals surface area contributed by atoms with Crippen molar-refractivity contribution in [2.45, 2.75) is 19.8 Å². The molecule has 0 spiro atoms. The Morgan fingerprint density at radius 2 is 1.60 bits per heavy atom. The number of nitrogens with one attached hydrogen (secondary N) is 3. The molecule has 2 amide bonds. The Bertz CT molecular complexity index is 1370. The van der Waals surface area contributed by atoms with Gasteiger partial charge >= 0.3 is 0 Å². The summed E-state index contributed by atoms with van der Waals surface area (Å²) in [4.78, 5) is 25.3. The standard InChI is InChI=1S/C28H25ClN4O2/c1-17-2-5-22(28(35)31-26-15-25(32-33-26)20-10-12-23(29)13-11-20)14-24(17)19-6-8-21(9-7-19)27(34)30-16-18-3-4-18/h2,5-15,18H,3-4,16H2,1H3,(H,30,34)(H2,31,32,33,35). The number of H-pyrrole nitrogens is 1. The quantitative estimate of drug-likeness (QED) is 0.296. The Labute approximate surface area is 208 Å². The molecule has 1 aliphatic rings. The maximum absolute atomic E-state index is 12.9. The summed E-state index contributed by atoms with van der Waals surface area (Å²) in [5.74, 6) is 0.769. The van der Waals surface area contributed by atoms with Gasteiger partial charge in [0.05, 0.1) is 5.69 Å². The van der Waals surface area contributed by atoms with Crippen molar-refractivity contribution in [2.75, 3.05) is 11.9 Å². The largest absolute Gasteiger partial charge is 0.352 e. The molecule has 0 aliphatic heterocycles. The molecule has 1 heterocycles. The first kappa shape index (κ1) is 22.9. The van der Waals surface area contributed by atoms with E-state index in [1.807, 2.05) is 55.5 Å². The second-order valence-electron chi connectivity index (χ2n) is 8.89. The first-order chi connectivity index (χ1) is 17.0. The Morgan fingerprint density at radius 3 is 2.31 bits per heavy atom. The first-order valence-corrected chi connectivity index (χ1v) is 12.0. The Morgan fingerprint density at radius 1 is 0.914 bits per heavy atom. The van der Waals surface area contributed by atoms with Gasteiger partial charge in [-0.15, -0.1) is 0 Å². The van der Waals surface area contributed by atoms with E-state index in [1.165, 1.54) is 12.8 Å². The number of nitrogens with zero attached hydrogens (tertiary/aromatic N) is 1. The zero-order chi connectivity index (χ0) is 24.4. The van der Waals surface area contributed by atoms with Crippen molar-refractivity contribution in [3.8, 4) is 22.4 Å². The fourth-order valence-electron chi connectivity index (χ4n) is 3.89. The van der Waals surface area contributed by atoms with Crippen LogP contribution in [-0.4, -0.2) is 28.6 Å². The molecule has 4 aromatic rings. The number of hydrogen-bond donors (Lipinski definition) is 3. The van der Waals surface area contributed by atoms with Gasteiger partial charge in [0.25, 0.3) is 11.8 Å². The van der Waals surface area contributed by atoms with E-state index in [4.69, 9.17) is 11.6 Å². The number of benzene rings is 3. The summed E-state index contributed by atoms with van der Waals surface area (Å²) >= 11 is 5.96. The van der Waals surface area contributed by atoms with Gasteiger partial charge in [0.15, 0.2) is 5.82 Å². The molecule has 35 heavy (non-hydrogen) atoms. The monoisotopic (exact) mass is 484 g/mol. The summed E-state index contributed by atoms with van der Waals surface area (Å²) in [7, 11) is 0. The highest BCUT2D eigenvalue weighted by atomic mass is 35.5. The molecule has 1 saturated carbocycles.